The number of carbonyl (C=O) groups excluding carboxylic acids is 1. The fraction of sp³-hybridized carbons (Fsp3) is 0.174. The molecule has 5 rings (SSSR count). The molecule has 2 aromatic heterocycles. The molecule has 0 aliphatic carbocycles. The molecule has 2 aromatic carbocycles. The standard InChI is InChI=1S/C23H22N6O2S/c30-23(25-16-6-2-1-3-7-16)28-22-26-20(29-10-12-31-13-11-29)14-21(27-22)32-19-15-24-18-9-5-4-8-17(18)19/h1-9,14-15,24H,10-13H2,(H2,25,26,27,28,30). The summed E-state index contributed by atoms with van der Waals surface area (Å²) in [5.41, 5.74) is 1.76. The molecule has 3 heterocycles. The third-order valence-electron chi connectivity index (χ3n) is 5.05. The first kappa shape index (κ1) is 20.3. The van der Waals surface area contributed by atoms with Crippen LogP contribution in [0.4, 0.5) is 22.2 Å². The minimum absolute atomic E-state index is 0.254. The van der Waals surface area contributed by atoms with Crippen LogP contribution in [-0.4, -0.2) is 47.3 Å². The van der Waals surface area contributed by atoms with E-state index >= 15 is 0 Å². The number of ether oxygens (including phenoxy) is 1. The summed E-state index contributed by atoms with van der Waals surface area (Å²) < 4.78 is 5.47. The van der Waals surface area contributed by atoms with Gasteiger partial charge in [-0.3, -0.25) is 5.32 Å². The number of hydrogen-bond donors (Lipinski definition) is 3. The van der Waals surface area contributed by atoms with Crippen LogP contribution in [0.1, 0.15) is 0 Å². The number of aromatic amines is 1. The van der Waals surface area contributed by atoms with Crippen molar-refractivity contribution >= 4 is 46.1 Å². The molecule has 0 spiro atoms. The Balaban J connectivity index is 1.42. The van der Waals surface area contributed by atoms with E-state index in [-0.39, 0.29) is 5.95 Å². The summed E-state index contributed by atoms with van der Waals surface area (Å²) >= 11 is 1.54. The van der Waals surface area contributed by atoms with Crippen LogP contribution in [0.3, 0.4) is 0 Å². The quantitative estimate of drug-likeness (QED) is 0.388. The lowest BCUT2D eigenvalue weighted by atomic mass is 10.2. The molecule has 9 heteroatoms. The van der Waals surface area contributed by atoms with Crippen molar-refractivity contribution in [2.45, 2.75) is 9.92 Å². The summed E-state index contributed by atoms with van der Waals surface area (Å²) in [4.78, 5) is 28.2. The number of anilines is 3. The Labute approximate surface area is 189 Å². The van der Waals surface area contributed by atoms with Crippen molar-refractivity contribution in [3.05, 3.63) is 66.9 Å². The highest BCUT2D eigenvalue weighted by molar-refractivity contribution is 7.99. The molecule has 2 amide bonds. The van der Waals surface area contributed by atoms with E-state index in [2.05, 4.69) is 36.6 Å². The minimum atomic E-state index is -0.390. The molecule has 3 N–H and O–H groups in total. The van der Waals surface area contributed by atoms with Gasteiger partial charge in [0, 0.05) is 46.8 Å². The molecule has 8 nitrogen and oxygen atoms in total. The molecule has 1 fully saturated rings. The van der Waals surface area contributed by atoms with E-state index in [1.165, 1.54) is 11.8 Å². The molecule has 1 aliphatic heterocycles. The Morgan fingerprint density at radius 3 is 2.62 bits per heavy atom. The van der Waals surface area contributed by atoms with Crippen molar-refractivity contribution in [2.75, 3.05) is 41.8 Å². The average molecular weight is 447 g/mol. The Morgan fingerprint density at radius 1 is 1.00 bits per heavy atom. The first-order valence-corrected chi connectivity index (χ1v) is 11.1. The van der Waals surface area contributed by atoms with Gasteiger partial charge < -0.3 is 19.9 Å². The molecule has 1 aliphatic rings. The van der Waals surface area contributed by atoms with Gasteiger partial charge in [-0.2, -0.15) is 4.98 Å². The lowest BCUT2D eigenvalue weighted by molar-refractivity contribution is 0.122. The Morgan fingerprint density at radius 2 is 1.78 bits per heavy atom. The van der Waals surface area contributed by atoms with Gasteiger partial charge in [0.1, 0.15) is 10.8 Å². The number of fused-ring (bicyclic) bond motifs is 1. The van der Waals surface area contributed by atoms with Crippen LogP contribution in [0, 0.1) is 0 Å². The second-order valence-corrected chi connectivity index (χ2v) is 8.30. The van der Waals surface area contributed by atoms with Crippen LogP contribution in [-0.2, 0) is 4.74 Å². The van der Waals surface area contributed by atoms with Crippen molar-refractivity contribution in [3.8, 4) is 0 Å². The van der Waals surface area contributed by atoms with E-state index < -0.39 is 6.03 Å². The highest BCUT2D eigenvalue weighted by Gasteiger charge is 2.17. The van der Waals surface area contributed by atoms with Crippen molar-refractivity contribution in [1.29, 1.82) is 0 Å². The van der Waals surface area contributed by atoms with Gasteiger partial charge in [0.15, 0.2) is 0 Å². The second-order valence-electron chi connectivity index (χ2n) is 7.23. The molecule has 0 saturated carbocycles. The van der Waals surface area contributed by atoms with Crippen LogP contribution >= 0.6 is 11.8 Å². The molecule has 162 valence electrons. The number of benzene rings is 2. The van der Waals surface area contributed by atoms with Crippen LogP contribution in [0.15, 0.2) is 76.8 Å². The maximum atomic E-state index is 12.5. The SMILES string of the molecule is O=C(Nc1ccccc1)Nc1nc(Sc2c[nH]c3ccccc23)cc(N2CCOCC2)n1. The number of urea groups is 1. The van der Waals surface area contributed by atoms with Gasteiger partial charge in [-0.25, -0.2) is 9.78 Å². The van der Waals surface area contributed by atoms with E-state index in [1.807, 2.05) is 60.8 Å². The topological polar surface area (TPSA) is 95.2 Å². The lowest BCUT2D eigenvalue weighted by Crippen LogP contribution is -2.37. The summed E-state index contributed by atoms with van der Waals surface area (Å²) in [7, 11) is 0. The summed E-state index contributed by atoms with van der Waals surface area (Å²) in [5, 5.41) is 7.46. The van der Waals surface area contributed by atoms with Crippen LogP contribution in [0.25, 0.3) is 10.9 Å². The second kappa shape index (κ2) is 9.29. The van der Waals surface area contributed by atoms with Crippen LogP contribution in [0.2, 0.25) is 0 Å². The number of H-pyrrole nitrogens is 1. The first-order valence-electron chi connectivity index (χ1n) is 10.3. The number of morpholine rings is 1. The summed E-state index contributed by atoms with van der Waals surface area (Å²) in [5.74, 6) is 1.02. The highest BCUT2D eigenvalue weighted by atomic mass is 32.2. The van der Waals surface area contributed by atoms with E-state index in [9.17, 15) is 4.79 Å². The molecule has 0 atom stereocenters. The van der Waals surface area contributed by atoms with E-state index in [0.29, 0.717) is 18.9 Å². The molecule has 0 bridgehead atoms. The third-order valence-corrected chi connectivity index (χ3v) is 6.02. The third kappa shape index (κ3) is 4.68. The number of hydrogen-bond acceptors (Lipinski definition) is 6. The van der Waals surface area contributed by atoms with Gasteiger partial charge in [-0.05, 0) is 18.2 Å². The molecular weight excluding hydrogens is 424 g/mol. The highest BCUT2D eigenvalue weighted by Crippen LogP contribution is 2.34. The minimum Gasteiger partial charge on any atom is -0.378 e. The van der Waals surface area contributed by atoms with Gasteiger partial charge in [0.2, 0.25) is 5.95 Å². The molecule has 0 unspecified atom stereocenters. The summed E-state index contributed by atoms with van der Waals surface area (Å²) in [6.07, 6.45) is 1.97. The number of carbonyl (C=O) groups is 1. The fourth-order valence-electron chi connectivity index (χ4n) is 3.50. The smallest absolute Gasteiger partial charge is 0.326 e. The zero-order chi connectivity index (χ0) is 21.8. The molecule has 1 saturated heterocycles. The van der Waals surface area contributed by atoms with Crippen molar-refractivity contribution in [2.24, 2.45) is 0 Å². The number of para-hydroxylation sites is 2. The van der Waals surface area contributed by atoms with Crippen LogP contribution < -0.4 is 15.5 Å². The van der Waals surface area contributed by atoms with E-state index in [4.69, 9.17) is 4.74 Å². The number of amides is 2. The van der Waals surface area contributed by atoms with Crippen LogP contribution in [0.5, 0.6) is 0 Å². The number of nitrogens with zero attached hydrogens (tertiary/aromatic N) is 3. The molecule has 4 aromatic rings. The first-order chi connectivity index (χ1) is 15.7. The Kier molecular flexibility index (Phi) is 5.91. The fourth-order valence-corrected chi connectivity index (χ4v) is 4.43. The van der Waals surface area contributed by atoms with Gasteiger partial charge in [0.05, 0.1) is 13.2 Å². The van der Waals surface area contributed by atoms with Crippen molar-refractivity contribution in [3.63, 3.8) is 0 Å². The number of nitrogens with one attached hydrogen (secondary N) is 3. The van der Waals surface area contributed by atoms with Crippen molar-refractivity contribution < 1.29 is 9.53 Å². The van der Waals surface area contributed by atoms with E-state index in [0.717, 1.165) is 39.7 Å². The largest absolute Gasteiger partial charge is 0.378 e. The van der Waals surface area contributed by atoms with Gasteiger partial charge >= 0.3 is 6.03 Å². The summed E-state index contributed by atoms with van der Waals surface area (Å²) in [6, 6.07) is 19.0. The Hall–Kier alpha value is -3.56. The molecular formula is C23H22N6O2S. The maximum absolute atomic E-state index is 12.5. The van der Waals surface area contributed by atoms with Gasteiger partial charge in [-0.15, -0.1) is 0 Å². The molecule has 32 heavy (non-hydrogen) atoms. The average Bonchev–Trinajstić information content (AvgIpc) is 3.23. The number of aromatic nitrogens is 3. The molecule has 0 radical (unpaired) electrons. The monoisotopic (exact) mass is 446 g/mol. The van der Waals surface area contributed by atoms with Crippen molar-refractivity contribution in [1.82, 2.24) is 15.0 Å². The number of rotatable bonds is 5. The predicted molar refractivity (Wildman–Crippen MR) is 127 cm³/mol. The lowest BCUT2D eigenvalue weighted by Gasteiger charge is -2.28. The Bertz CT molecular complexity index is 1220. The zero-order valence-electron chi connectivity index (χ0n) is 17.2. The zero-order valence-corrected chi connectivity index (χ0v) is 18.1. The normalized spacial score (nSPS) is 13.8. The van der Waals surface area contributed by atoms with E-state index in [1.54, 1.807) is 0 Å². The summed E-state index contributed by atoms with van der Waals surface area (Å²) in [6.45, 7) is 2.77. The van der Waals surface area contributed by atoms with Gasteiger partial charge in [-0.1, -0.05) is 48.2 Å². The maximum Gasteiger partial charge on any atom is 0.326 e. The predicted octanol–water partition coefficient (Wildman–Crippen LogP) is 4.59. The van der Waals surface area contributed by atoms with Gasteiger partial charge in [0.25, 0.3) is 0 Å².